The summed E-state index contributed by atoms with van der Waals surface area (Å²) in [4.78, 5) is 26.4. The molecule has 2 aromatic carbocycles. The van der Waals surface area contributed by atoms with Gasteiger partial charge >= 0.3 is 6.61 Å². The molecule has 0 radical (unpaired) electrons. The molecular weight excluding hydrogens is 358 g/mol. The van der Waals surface area contributed by atoms with Crippen LogP contribution in [-0.4, -0.2) is 42.6 Å². The zero-order valence-corrected chi connectivity index (χ0v) is 14.3. The highest BCUT2D eigenvalue weighted by Crippen LogP contribution is 2.21. The van der Waals surface area contributed by atoms with Gasteiger partial charge in [0.25, 0.3) is 0 Å². The minimum atomic E-state index is -2.96. The average molecular weight is 376 g/mol. The van der Waals surface area contributed by atoms with Crippen LogP contribution in [0.3, 0.4) is 0 Å². The van der Waals surface area contributed by atoms with E-state index in [9.17, 15) is 18.4 Å². The zero-order chi connectivity index (χ0) is 19.2. The van der Waals surface area contributed by atoms with Crippen molar-refractivity contribution in [2.24, 2.45) is 0 Å². The monoisotopic (exact) mass is 376 g/mol. The van der Waals surface area contributed by atoms with Crippen LogP contribution in [0.1, 0.15) is 5.56 Å². The highest BCUT2D eigenvalue weighted by atomic mass is 19.3. The highest BCUT2D eigenvalue weighted by Gasteiger charge is 2.34. The predicted octanol–water partition coefficient (Wildman–Crippen LogP) is 2.65. The van der Waals surface area contributed by atoms with Crippen LogP contribution in [0.15, 0.2) is 54.6 Å². The van der Waals surface area contributed by atoms with Crippen molar-refractivity contribution in [2.45, 2.75) is 19.2 Å². The standard InChI is InChI=1S/C19H18F2N2O4/c20-19(21)27-15-8-4-7-14(9-15)22-18(25)16-11-26-12-17(24)23(16)10-13-5-2-1-3-6-13/h1-9,16,19H,10-12H2,(H,22,25)/t16-/m0/s1. The quantitative estimate of drug-likeness (QED) is 0.842. The number of morpholine rings is 1. The van der Waals surface area contributed by atoms with Gasteiger partial charge in [-0.2, -0.15) is 8.78 Å². The Kier molecular flexibility index (Phi) is 5.97. The summed E-state index contributed by atoms with van der Waals surface area (Å²) in [6.45, 7) is -2.72. The summed E-state index contributed by atoms with van der Waals surface area (Å²) in [6, 6.07) is 14.1. The lowest BCUT2D eigenvalue weighted by Crippen LogP contribution is -2.54. The third kappa shape index (κ3) is 5.01. The van der Waals surface area contributed by atoms with E-state index in [1.165, 1.54) is 23.1 Å². The third-order valence-corrected chi connectivity index (χ3v) is 4.02. The van der Waals surface area contributed by atoms with Gasteiger partial charge in [-0.05, 0) is 17.7 Å². The Morgan fingerprint density at radius 3 is 2.74 bits per heavy atom. The van der Waals surface area contributed by atoms with Gasteiger partial charge < -0.3 is 19.7 Å². The molecule has 1 fully saturated rings. The Morgan fingerprint density at radius 2 is 2.00 bits per heavy atom. The van der Waals surface area contributed by atoms with Crippen molar-refractivity contribution in [2.75, 3.05) is 18.5 Å². The summed E-state index contributed by atoms with van der Waals surface area (Å²) in [7, 11) is 0. The average Bonchev–Trinajstić information content (AvgIpc) is 2.64. The first-order valence-electron chi connectivity index (χ1n) is 8.30. The molecule has 1 aliphatic rings. The molecule has 0 spiro atoms. The van der Waals surface area contributed by atoms with Gasteiger partial charge in [-0.1, -0.05) is 36.4 Å². The number of anilines is 1. The number of hydrogen-bond acceptors (Lipinski definition) is 4. The van der Waals surface area contributed by atoms with E-state index in [4.69, 9.17) is 4.74 Å². The van der Waals surface area contributed by atoms with Gasteiger partial charge in [0, 0.05) is 18.3 Å². The fourth-order valence-corrected chi connectivity index (χ4v) is 2.78. The largest absolute Gasteiger partial charge is 0.435 e. The van der Waals surface area contributed by atoms with Crippen molar-refractivity contribution in [1.82, 2.24) is 4.90 Å². The number of carbonyl (C=O) groups is 2. The van der Waals surface area contributed by atoms with Gasteiger partial charge in [-0.15, -0.1) is 0 Å². The first-order valence-corrected chi connectivity index (χ1v) is 8.30. The van der Waals surface area contributed by atoms with Gasteiger partial charge in [-0.3, -0.25) is 9.59 Å². The number of alkyl halides is 2. The number of halogens is 2. The third-order valence-electron chi connectivity index (χ3n) is 4.02. The van der Waals surface area contributed by atoms with E-state index in [0.29, 0.717) is 0 Å². The zero-order valence-electron chi connectivity index (χ0n) is 14.3. The van der Waals surface area contributed by atoms with Crippen LogP contribution in [0.2, 0.25) is 0 Å². The Morgan fingerprint density at radius 1 is 1.22 bits per heavy atom. The topological polar surface area (TPSA) is 67.9 Å². The molecule has 142 valence electrons. The first-order chi connectivity index (χ1) is 13.0. The Balaban J connectivity index is 1.72. The molecule has 0 aliphatic carbocycles. The van der Waals surface area contributed by atoms with Gasteiger partial charge in [0.15, 0.2) is 0 Å². The fourth-order valence-electron chi connectivity index (χ4n) is 2.78. The van der Waals surface area contributed by atoms with Gasteiger partial charge in [0.1, 0.15) is 18.4 Å². The molecule has 8 heteroatoms. The lowest BCUT2D eigenvalue weighted by Gasteiger charge is -2.34. The van der Waals surface area contributed by atoms with Crippen molar-refractivity contribution >= 4 is 17.5 Å². The van der Waals surface area contributed by atoms with Gasteiger partial charge in [-0.25, -0.2) is 0 Å². The summed E-state index contributed by atoms with van der Waals surface area (Å²) in [5, 5.41) is 2.62. The molecule has 1 aliphatic heterocycles. The Labute approximate surface area is 154 Å². The van der Waals surface area contributed by atoms with Crippen molar-refractivity contribution in [3.05, 3.63) is 60.2 Å². The summed E-state index contributed by atoms with van der Waals surface area (Å²) in [5.41, 5.74) is 1.17. The first kappa shape index (κ1) is 18.8. The van der Waals surface area contributed by atoms with Crippen molar-refractivity contribution in [3.63, 3.8) is 0 Å². The normalized spacial score (nSPS) is 17.1. The second-order valence-corrected chi connectivity index (χ2v) is 5.93. The van der Waals surface area contributed by atoms with E-state index in [2.05, 4.69) is 10.1 Å². The second-order valence-electron chi connectivity index (χ2n) is 5.93. The molecule has 1 heterocycles. The van der Waals surface area contributed by atoms with Crippen LogP contribution in [0.5, 0.6) is 5.75 Å². The minimum absolute atomic E-state index is 0.0532. The van der Waals surface area contributed by atoms with E-state index in [1.54, 1.807) is 6.07 Å². The smallest absolute Gasteiger partial charge is 0.387 e. The number of carbonyl (C=O) groups excluding carboxylic acids is 2. The molecule has 1 N–H and O–H groups in total. The summed E-state index contributed by atoms with van der Waals surface area (Å²) in [6.07, 6.45) is 0. The molecule has 3 rings (SSSR count). The number of benzene rings is 2. The molecule has 1 saturated heterocycles. The fraction of sp³-hybridized carbons (Fsp3) is 0.263. The summed E-state index contributed by atoms with van der Waals surface area (Å²) < 4.78 is 34.2. The number of nitrogens with one attached hydrogen (secondary N) is 1. The molecule has 27 heavy (non-hydrogen) atoms. The number of amides is 2. The van der Waals surface area contributed by atoms with Crippen LogP contribution < -0.4 is 10.1 Å². The maximum atomic E-state index is 12.7. The molecule has 2 aromatic rings. The van der Waals surface area contributed by atoms with Gasteiger partial charge in [0.05, 0.1) is 6.61 Å². The van der Waals surface area contributed by atoms with Crippen LogP contribution in [-0.2, 0) is 20.9 Å². The predicted molar refractivity (Wildman–Crippen MR) is 93.3 cm³/mol. The van der Waals surface area contributed by atoms with Crippen LogP contribution in [0.4, 0.5) is 14.5 Å². The molecule has 0 bridgehead atoms. The van der Waals surface area contributed by atoms with E-state index < -0.39 is 18.6 Å². The maximum absolute atomic E-state index is 12.7. The Bertz CT molecular complexity index is 801. The number of hydrogen-bond donors (Lipinski definition) is 1. The number of rotatable bonds is 6. The number of nitrogens with zero attached hydrogens (tertiary/aromatic N) is 1. The Hall–Kier alpha value is -3.00. The molecule has 0 aromatic heterocycles. The number of ether oxygens (including phenoxy) is 2. The molecule has 0 unspecified atom stereocenters. The van der Waals surface area contributed by atoms with Crippen LogP contribution in [0, 0.1) is 0 Å². The maximum Gasteiger partial charge on any atom is 0.387 e. The summed E-state index contributed by atoms with van der Waals surface area (Å²) >= 11 is 0. The molecule has 2 amide bonds. The lowest BCUT2D eigenvalue weighted by atomic mass is 10.1. The van der Waals surface area contributed by atoms with Crippen molar-refractivity contribution < 1.29 is 27.8 Å². The van der Waals surface area contributed by atoms with Gasteiger partial charge in [0.2, 0.25) is 11.8 Å². The molecule has 0 saturated carbocycles. The molecule has 6 nitrogen and oxygen atoms in total. The SMILES string of the molecule is O=C(Nc1cccc(OC(F)F)c1)[C@@H]1COCC(=O)N1Cc1ccccc1. The summed E-state index contributed by atoms with van der Waals surface area (Å²) in [5.74, 6) is -0.826. The van der Waals surface area contributed by atoms with Crippen LogP contribution >= 0.6 is 0 Å². The molecular formula is C19H18F2N2O4. The van der Waals surface area contributed by atoms with Crippen molar-refractivity contribution in [1.29, 1.82) is 0 Å². The van der Waals surface area contributed by atoms with E-state index >= 15 is 0 Å². The van der Waals surface area contributed by atoms with Crippen molar-refractivity contribution in [3.8, 4) is 5.75 Å². The van der Waals surface area contributed by atoms with E-state index in [0.717, 1.165) is 5.56 Å². The highest BCUT2D eigenvalue weighted by molar-refractivity contribution is 5.98. The minimum Gasteiger partial charge on any atom is -0.435 e. The van der Waals surface area contributed by atoms with E-state index in [1.807, 2.05) is 30.3 Å². The second kappa shape index (κ2) is 8.59. The molecule has 1 atom stereocenters. The van der Waals surface area contributed by atoms with E-state index in [-0.39, 0.29) is 37.1 Å². The lowest BCUT2D eigenvalue weighted by molar-refractivity contribution is -0.154. The van der Waals surface area contributed by atoms with Crippen LogP contribution in [0.25, 0.3) is 0 Å².